The fraction of sp³-hybridized carbons (Fsp3) is 0.417. The molecule has 5 heteroatoms. The van der Waals surface area contributed by atoms with Gasteiger partial charge in [-0.05, 0) is 31.4 Å². The molecule has 1 aliphatic carbocycles. The van der Waals surface area contributed by atoms with E-state index >= 15 is 0 Å². The lowest BCUT2D eigenvalue weighted by Gasteiger charge is -2.39. The van der Waals surface area contributed by atoms with Gasteiger partial charge in [0, 0.05) is 18.1 Å². The van der Waals surface area contributed by atoms with E-state index in [2.05, 4.69) is 10.3 Å². The zero-order chi connectivity index (χ0) is 12.5. The van der Waals surface area contributed by atoms with Crippen molar-refractivity contribution in [3.8, 4) is 0 Å². The predicted molar refractivity (Wildman–Crippen MR) is 70.7 cm³/mol. The van der Waals surface area contributed by atoms with E-state index in [1.807, 2.05) is 6.92 Å². The number of anilines is 1. The van der Waals surface area contributed by atoms with Crippen LogP contribution in [0.1, 0.15) is 24.8 Å². The molecule has 0 unspecified atom stereocenters. The number of aromatic nitrogens is 1. The average molecular weight is 249 g/mol. The van der Waals surface area contributed by atoms with Gasteiger partial charge in [0.25, 0.3) is 0 Å². The maximum Gasteiger partial charge on any atom is 0.237 e. The Bertz CT molecular complexity index is 469. The summed E-state index contributed by atoms with van der Waals surface area (Å²) in [4.78, 5) is 16.5. The summed E-state index contributed by atoms with van der Waals surface area (Å²) >= 11 is 5.01. The molecule has 0 atom stereocenters. The third-order valence-electron chi connectivity index (χ3n) is 3.38. The molecule has 1 amide bonds. The Balaban J connectivity index is 2.17. The van der Waals surface area contributed by atoms with Crippen molar-refractivity contribution in [2.75, 3.05) is 5.32 Å². The van der Waals surface area contributed by atoms with E-state index in [0.717, 1.165) is 30.5 Å². The lowest BCUT2D eigenvalue weighted by atomic mass is 9.68. The normalized spacial score (nSPS) is 17.0. The number of thiocarbonyl (C=S) groups is 1. The maximum atomic E-state index is 12.2. The van der Waals surface area contributed by atoms with E-state index in [4.69, 9.17) is 18.0 Å². The molecule has 1 fully saturated rings. The van der Waals surface area contributed by atoms with Gasteiger partial charge in [-0.15, -0.1) is 0 Å². The van der Waals surface area contributed by atoms with Crippen LogP contribution < -0.4 is 11.1 Å². The monoisotopic (exact) mass is 249 g/mol. The Morgan fingerprint density at radius 1 is 1.59 bits per heavy atom. The summed E-state index contributed by atoms with van der Waals surface area (Å²) in [5, 5.41) is 2.89. The number of hydrogen-bond donors (Lipinski definition) is 2. The second kappa shape index (κ2) is 4.41. The van der Waals surface area contributed by atoms with E-state index in [1.165, 1.54) is 0 Å². The van der Waals surface area contributed by atoms with Gasteiger partial charge in [0.15, 0.2) is 0 Å². The summed E-state index contributed by atoms with van der Waals surface area (Å²) in [6.07, 6.45) is 5.86. The van der Waals surface area contributed by atoms with Gasteiger partial charge in [-0.25, -0.2) is 0 Å². The topological polar surface area (TPSA) is 68.0 Å². The molecular weight excluding hydrogens is 234 g/mol. The number of nitrogens with zero attached hydrogens (tertiary/aromatic N) is 1. The van der Waals surface area contributed by atoms with E-state index < -0.39 is 5.41 Å². The number of carbonyl (C=O) groups excluding carboxylic acids is 1. The van der Waals surface area contributed by atoms with Crippen LogP contribution in [-0.2, 0) is 4.79 Å². The Kier molecular flexibility index (Phi) is 3.11. The highest BCUT2D eigenvalue weighted by molar-refractivity contribution is 7.80. The van der Waals surface area contributed by atoms with Crippen LogP contribution in [0.15, 0.2) is 18.5 Å². The van der Waals surface area contributed by atoms with Gasteiger partial charge in [-0.3, -0.25) is 9.78 Å². The van der Waals surface area contributed by atoms with Gasteiger partial charge < -0.3 is 11.1 Å². The number of pyridine rings is 1. The van der Waals surface area contributed by atoms with Crippen LogP contribution in [0.5, 0.6) is 0 Å². The standard InChI is InChI=1S/C12H15N3OS/c1-8-7-14-6-3-9(8)15-11(16)12(10(13)17)4-2-5-12/h3,6-7H,2,4-5H2,1H3,(H2,13,17)(H,14,15,16). The molecule has 1 heterocycles. The second-order valence-corrected chi connectivity index (χ2v) is 4.88. The summed E-state index contributed by atoms with van der Waals surface area (Å²) in [6.45, 7) is 1.90. The summed E-state index contributed by atoms with van der Waals surface area (Å²) in [7, 11) is 0. The van der Waals surface area contributed by atoms with Crippen LogP contribution in [0.3, 0.4) is 0 Å². The molecule has 4 nitrogen and oxygen atoms in total. The number of aryl methyl sites for hydroxylation is 1. The highest BCUT2D eigenvalue weighted by atomic mass is 32.1. The average Bonchev–Trinajstić information content (AvgIpc) is 2.19. The molecule has 0 saturated heterocycles. The van der Waals surface area contributed by atoms with E-state index in [9.17, 15) is 4.79 Å². The molecular formula is C12H15N3OS. The van der Waals surface area contributed by atoms with Gasteiger partial charge >= 0.3 is 0 Å². The lowest BCUT2D eigenvalue weighted by molar-refractivity contribution is -0.125. The van der Waals surface area contributed by atoms with Gasteiger partial charge in [0.2, 0.25) is 5.91 Å². The van der Waals surface area contributed by atoms with Crippen molar-refractivity contribution in [1.29, 1.82) is 0 Å². The first-order chi connectivity index (χ1) is 8.06. The van der Waals surface area contributed by atoms with E-state index in [0.29, 0.717) is 4.99 Å². The first-order valence-corrected chi connectivity index (χ1v) is 5.99. The summed E-state index contributed by atoms with van der Waals surface area (Å²) in [5.41, 5.74) is 6.75. The highest BCUT2D eigenvalue weighted by Crippen LogP contribution is 2.42. The lowest BCUT2D eigenvalue weighted by Crippen LogP contribution is -2.50. The maximum absolute atomic E-state index is 12.2. The van der Waals surface area contributed by atoms with Crippen molar-refractivity contribution in [3.63, 3.8) is 0 Å². The van der Waals surface area contributed by atoms with Crippen LogP contribution in [0.2, 0.25) is 0 Å². The minimum Gasteiger partial charge on any atom is -0.392 e. The molecule has 0 aromatic carbocycles. The molecule has 17 heavy (non-hydrogen) atoms. The summed E-state index contributed by atoms with van der Waals surface area (Å²) in [6, 6.07) is 1.78. The van der Waals surface area contributed by atoms with Crippen LogP contribution in [0.25, 0.3) is 0 Å². The summed E-state index contributed by atoms with van der Waals surface area (Å²) < 4.78 is 0. The molecule has 90 valence electrons. The number of nitrogens with one attached hydrogen (secondary N) is 1. The van der Waals surface area contributed by atoms with Gasteiger partial charge in [0.1, 0.15) is 0 Å². The quantitative estimate of drug-likeness (QED) is 0.801. The Hall–Kier alpha value is -1.49. The van der Waals surface area contributed by atoms with Crippen molar-refractivity contribution in [3.05, 3.63) is 24.0 Å². The van der Waals surface area contributed by atoms with Gasteiger partial charge in [-0.2, -0.15) is 0 Å². The Labute approximate surface area is 106 Å². The van der Waals surface area contributed by atoms with E-state index in [-0.39, 0.29) is 5.91 Å². The van der Waals surface area contributed by atoms with E-state index in [1.54, 1.807) is 18.5 Å². The zero-order valence-corrected chi connectivity index (χ0v) is 10.5. The predicted octanol–water partition coefficient (Wildman–Crippen LogP) is 1.78. The van der Waals surface area contributed by atoms with Crippen LogP contribution in [0, 0.1) is 12.3 Å². The Morgan fingerprint density at radius 3 is 2.76 bits per heavy atom. The zero-order valence-electron chi connectivity index (χ0n) is 9.69. The first-order valence-electron chi connectivity index (χ1n) is 5.58. The molecule has 1 aromatic rings. The SMILES string of the molecule is Cc1cnccc1NC(=O)C1(C(N)=S)CCC1. The second-order valence-electron chi connectivity index (χ2n) is 4.44. The summed E-state index contributed by atoms with van der Waals surface area (Å²) in [5.74, 6) is -0.0921. The van der Waals surface area contributed by atoms with Crippen LogP contribution in [-0.4, -0.2) is 15.9 Å². The molecule has 2 rings (SSSR count). The molecule has 1 aliphatic rings. The highest BCUT2D eigenvalue weighted by Gasteiger charge is 2.46. The van der Waals surface area contributed by atoms with Crippen molar-refractivity contribution in [2.24, 2.45) is 11.1 Å². The van der Waals surface area contributed by atoms with Crippen molar-refractivity contribution in [2.45, 2.75) is 26.2 Å². The Morgan fingerprint density at radius 2 is 2.29 bits per heavy atom. The molecule has 0 radical (unpaired) electrons. The van der Waals surface area contributed by atoms with Crippen molar-refractivity contribution < 1.29 is 4.79 Å². The van der Waals surface area contributed by atoms with Gasteiger partial charge in [-0.1, -0.05) is 18.6 Å². The number of carbonyl (C=O) groups is 1. The molecule has 3 N–H and O–H groups in total. The third kappa shape index (κ3) is 2.02. The molecule has 0 spiro atoms. The molecule has 0 aliphatic heterocycles. The van der Waals surface area contributed by atoms with Crippen LogP contribution >= 0.6 is 12.2 Å². The number of nitrogens with two attached hydrogens (primary N) is 1. The number of rotatable bonds is 3. The minimum atomic E-state index is -0.634. The third-order valence-corrected chi connectivity index (χ3v) is 3.77. The number of hydrogen-bond acceptors (Lipinski definition) is 3. The smallest absolute Gasteiger partial charge is 0.237 e. The van der Waals surface area contributed by atoms with Gasteiger partial charge in [0.05, 0.1) is 10.4 Å². The fourth-order valence-electron chi connectivity index (χ4n) is 1.97. The number of amides is 1. The first kappa shape index (κ1) is 12.0. The van der Waals surface area contributed by atoms with Crippen molar-refractivity contribution >= 4 is 28.8 Å². The minimum absolute atomic E-state index is 0.0921. The molecule has 0 bridgehead atoms. The largest absolute Gasteiger partial charge is 0.392 e. The van der Waals surface area contributed by atoms with Crippen molar-refractivity contribution in [1.82, 2.24) is 4.98 Å². The van der Waals surface area contributed by atoms with Crippen LogP contribution in [0.4, 0.5) is 5.69 Å². The molecule has 1 aromatic heterocycles. The molecule has 1 saturated carbocycles. The fourth-order valence-corrected chi connectivity index (χ4v) is 2.27.